The van der Waals surface area contributed by atoms with Crippen molar-refractivity contribution in [1.82, 2.24) is 10.3 Å². The molecule has 152 valence electrons. The van der Waals surface area contributed by atoms with Gasteiger partial charge in [0.25, 0.3) is 5.91 Å². The number of carbonyl (C=O) groups is 1. The van der Waals surface area contributed by atoms with E-state index in [0.29, 0.717) is 17.5 Å². The van der Waals surface area contributed by atoms with Crippen LogP contribution in [0.25, 0.3) is 10.9 Å². The molecule has 7 heteroatoms. The van der Waals surface area contributed by atoms with E-state index in [1.807, 2.05) is 31.2 Å². The van der Waals surface area contributed by atoms with Crippen molar-refractivity contribution in [2.24, 2.45) is 0 Å². The van der Waals surface area contributed by atoms with Gasteiger partial charge >= 0.3 is 6.18 Å². The van der Waals surface area contributed by atoms with Crippen LogP contribution in [0.15, 0.2) is 42.5 Å². The molecule has 3 rings (SSSR count). The first kappa shape index (κ1) is 20.6. The van der Waals surface area contributed by atoms with E-state index in [2.05, 4.69) is 10.3 Å². The molecule has 1 aromatic heterocycles. The third kappa shape index (κ3) is 4.50. The van der Waals surface area contributed by atoms with E-state index in [0.717, 1.165) is 23.3 Å². The van der Waals surface area contributed by atoms with Gasteiger partial charge in [0.05, 0.1) is 17.7 Å². The molecule has 1 N–H and O–H groups in total. The zero-order valence-electron chi connectivity index (χ0n) is 16.4. The smallest absolute Gasteiger partial charge is 0.416 e. The summed E-state index contributed by atoms with van der Waals surface area (Å²) >= 11 is 0. The highest BCUT2D eigenvalue weighted by atomic mass is 19.4. The van der Waals surface area contributed by atoms with E-state index < -0.39 is 11.7 Å². The second kappa shape index (κ2) is 8.11. The molecule has 4 nitrogen and oxygen atoms in total. The number of hydrogen-bond donors (Lipinski definition) is 1. The summed E-state index contributed by atoms with van der Waals surface area (Å²) in [5.74, 6) is -0.362. The lowest BCUT2D eigenvalue weighted by molar-refractivity contribution is -0.137. The molecule has 0 aliphatic rings. The van der Waals surface area contributed by atoms with Crippen molar-refractivity contribution >= 4 is 16.8 Å². The first-order valence-corrected chi connectivity index (χ1v) is 9.18. The monoisotopic (exact) mass is 402 g/mol. The minimum atomic E-state index is -4.47. The van der Waals surface area contributed by atoms with E-state index in [1.165, 1.54) is 6.07 Å². The molecule has 0 saturated heterocycles. The fourth-order valence-electron chi connectivity index (χ4n) is 3.06. The van der Waals surface area contributed by atoms with Gasteiger partial charge in [-0.3, -0.25) is 4.79 Å². The number of hydrogen-bond acceptors (Lipinski definition) is 3. The van der Waals surface area contributed by atoms with Crippen molar-refractivity contribution < 1.29 is 22.7 Å². The predicted molar refractivity (Wildman–Crippen MR) is 105 cm³/mol. The van der Waals surface area contributed by atoms with Gasteiger partial charge in [0.1, 0.15) is 5.56 Å². The Labute approximate surface area is 166 Å². The van der Waals surface area contributed by atoms with Crippen LogP contribution < -0.4 is 10.1 Å². The summed E-state index contributed by atoms with van der Waals surface area (Å²) in [5.41, 5.74) is 2.14. The van der Waals surface area contributed by atoms with Gasteiger partial charge in [-0.15, -0.1) is 0 Å². The van der Waals surface area contributed by atoms with E-state index in [9.17, 15) is 18.0 Å². The predicted octanol–water partition coefficient (Wildman–Crippen LogP) is 5.20. The Bertz CT molecular complexity index is 1040. The van der Waals surface area contributed by atoms with E-state index >= 15 is 0 Å². The molecular weight excluding hydrogens is 381 g/mol. The van der Waals surface area contributed by atoms with Gasteiger partial charge in [0, 0.05) is 11.9 Å². The summed E-state index contributed by atoms with van der Waals surface area (Å²) in [7, 11) is 0. The van der Waals surface area contributed by atoms with Crippen molar-refractivity contribution in [3.05, 3.63) is 70.3 Å². The molecule has 0 aliphatic heterocycles. The minimum absolute atomic E-state index is 0.0261. The number of alkyl halides is 3. The standard InChI is InChI=1S/C22H21F3N2O2/c1-4-29-21-19(20(28)26-12-15-7-5-13(2)6-8-15)14(3)17-10-9-16(22(23,24)25)11-18(17)27-21/h5-11H,4,12H2,1-3H3,(H,26,28). The highest BCUT2D eigenvalue weighted by molar-refractivity contribution is 6.02. The zero-order valence-corrected chi connectivity index (χ0v) is 16.4. The molecule has 0 saturated carbocycles. The van der Waals surface area contributed by atoms with Gasteiger partial charge < -0.3 is 10.1 Å². The highest BCUT2D eigenvalue weighted by Gasteiger charge is 2.31. The Morgan fingerprint density at radius 1 is 1.10 bits per heavy atom. The molecule has 0 spiro atoms. The second-order valence-corrected chi connectivity index (χ2v) is 6.75. The summed E-state index contributed by atoms with van der Waals surface area (Å²) < 4.78 is 44.6. The lowest BCUT2D eigenvalue weighted by Crippen LogP contribution is -2.25. The van der Waals surface area contributed by atoms with Gasteiger partial charge in [0.2, 0.25) is 5.88 Å². The van der Waals surface area contributed by atoms with Crippen molar-refractivity contribution in [2.45, 2.75) is 33.5 Å². The van der Waals surface area contributed by atoms with Gasteiger partial charge in [-0.2, -0.15) is 13.2 Å². The number of amides is 1. The van der Waals surface area contributed by atoms with Crippen molar-refractivity contribution in [2.75, 3.05) is 6.61 Å². The van der Waals surface area contributed by atoms with Gasteiger partial charge in [-0.25, -0.2) is 4.98 Å². The number of fused-ring (bicyclic) bond motifs is 1. The average molecular weight is 402 g/mol. The number of aryl methyl sites for hydroxylation is 2. The number of nitrogens with zero attached hydrogens (tertiary/aromatic N) is 1. The molecule has 0 unspecified atom stereocenters. The Morgan fingerprint density at radius 3 is 2.41 bits per heavy atom. The lowest BCUT2D eigenvalue weighted by atomic mass is 10.0. The molecule has 0 bridgehead atoms. The number of halogens is 3. The average Bonchev–Trinajstić information content (AvgIpc) is 2.66. The van der Waals surface area contributed by atoms with Crippen molar-refractivity contribution in [3.63, 3.8) is 0 Å². The Balaban J connectivity index is 1.98. The first-order valence-electron chi connectivity index (χ1n) is 9.18. The Hall–Kier alpha value is -3.09. The topological polar surface area (TPSA) is 51.2 Å². The maximum Gasteiger partial charge on any atom is 0.416 e. The summed E-state index contributed by atoms with van der Waals surface area (Å²) in [5, 5.41) is 3.31. The summed E-state index contributed by atoms with van der Waals surface area (Å²) in [6.07, 6.45) is -4.47. The maximum absolute atomic E-state index is 13.0. The molecule has 2 aromatic carbocycles. The Morgan fingerprint density at radius 2 is 1.79 bits per heavy atom. The lowest BCUT2D eigenvalue weighted by Gasteiger charge is -2.16. The van der Waals surface area contributed by atoms with Crippen molar-refractivity contribution in [3.8, 4) is 5.88 Å². The van der Waals surface area contributed by atoms with E-state index in [1.54, 1.807) is 13.8 Å². The number of aromatic nitrogens is 1. The van der Waals surface area contributed by atoms with Crippen molar-refractivity contribution in [1.29, 1.82) is 0 Å². The first-order chi connectivity index (χ1) is 13.7. The largest absolute Gasteiger partial charge is 0.477 e. The van der Waals surface area contributed by atoms with Gasteiger partial charge in [-0.05, 0) is 44.0 Å². The molecule has 0 fully saturated rings. The third-order valence-electron chi connectivity index (χ3n) is 4.62. The fourth-order valence-corrected chi connectivity index (χ4v) is 3.06. The van der Waals surface area contributed by atoms with Crippen LogP contribution in [0, 0.1) is 13.8 Å². The number of benzene rings is 2. The quantitative estimate of drug-likeness (QED) is 0.638. The van der Waals surface area contributed by atoms with Crippen LogP contribution in [0.3, 0.4) is 0 Å². The number of rotatable bonds is 5. The van der Waals surface area contributed by atoms with E-state index in [4.69, 9.17) is 4.74 Å². The fraction of sp³-hybridized carbons (Fsp3) is 0.273. The second-order valence-electron chi connectivity index (χ2n) is 6.75. The number of carbonyl (C=O) groups excluding carboxylic acids is 1. The SMILES string of the molecule is CCOc1nc2cc(C(F)(F)F)ccc2c(C)c1C(=O)NCc1ccc(C)cc1. The van der Waals surface area contributed by atoms with Crippen LogP contribution >= 0.6 is 0 Å². The van der Waals surface area contributed by atoms with E-state index in [-0.39, 0.29) is 29.5 Å². The van der Waals surface area contributed by atoms with Crippen LogP contribution in [0.2, 0.25) is 0 Å². The summed E-state index contributed by atoms with van der Waals surface area (Å²) in [4.78, 5) is 17.1. The van der Waals surface area contributed by atoms with Crippen LogP contribution in [-0.2, 0) is 12.7 Å². The molecule has 29 heavy (non-hydrogen) atoms. The normalized spacial score (nSPS) is 11.5. The zero-order chi connectivity index (χ0) is 21.2. The number of nitrogens with one attached hydrogen (secondary N) is 1. The van der Waals surface area contributed by atoms with Crippen LogP contribution in [0.4, 0.5) is 13.2 Å². The summed E-state index contributed by atoms with van der Waals surface area (Å²) in [6.45, 7) is 5.93. The maximum atomic E-state index is 13.0. The van der Waals surface area contributed by atoms with Gasteiger partial charge in [-0.1, -0.05) is 35.9 Å². The minimum Gasteiger partial charge on any atom is -0.477 e. The Kier molecular flexibility index (Phi) is 5.77. The van der Waals surface area contributed by atoms with Crippen LogP contribution in [0.5, 0.6) is 5.88 Å². The molecular formula is C22H21F3N2O2. The molecule has 0 aliphatic carbocycles. The molecule has 1 heterocycles. The third-order valence-corrected chi connectivity index (χ3v) is 4.62. The van der Waals surface area contributed by atoms with Crippen LogP contribution in [-0.4, -0.2) is 17.5 Å². The molecule has 0 radical (unpaired) electrons. The summed E-state index contributed by atoms with van der Waals surface area (Å²) in [6, 6.07) is 11.0. The molecule has 0 atom stereocenters. The van der Waals surface area contributed by atoms with Crippen LogP contribution in [0.1, 0.15) is 39.5 Å². The number of ether oxygens (including phenoxy) is 1. The highest BCUT2D eigenvalue weighted by Crippen LogP contribution is 2.34. The molecule has 3 aromatic rings. The van der Waals surface area contributed by atoms with Gasteiger partial charge in [0.15, 0.2) is 0 Å². The molecule has 1 amide bonds. The number of pyridine rings is 1.